The molecule has 17 heavy (non-hydrogen) atoms. The molecule has 0 saturated carbocycles. The molecule has 0 aliphatic heterocycles. The van der Waals surface area contributed by atoms with E-state index in [0.717, 1.165) is 12.2 Å². The Bertz CT molecular complexity index is 451. The number of pyridine rings is 1. The predicted octanol–water partition coefficient (Wildman–Crippen LogP) is 2.83. The first kappa shape index (κ1) is 12.1. The molecule has 2 aromatic heterocycles. The molecule has 0 radical (unpaired) electrons. The Labute approximate surface area is 105 Å². The Kier molecular flexibility index (Phi) is 3.76. The fraction of sp³-hybridized carbons (Fsp3) is 0.308. The van der Waals surface area contributed by atoms with Gasteiger partial charge in [0.15, 0.2) is 0 Å². The van der Waals surface area contributed by atoms with Crippen molar-refractivity contribution < 1.29 is 5.11 Å². The Morgan fingerprint density at radius 2 is 2.24 bits per heavy atom. The van der Waals surface area contributed by atoms with Gasteiger partial charge in [0.05, 0.1) is 30.2 Å². The van der Waals surface area contributed by atoms with E-state index in [1.54, 1.807) is 24.5 Å². The monoisotopic (exact) mass is 248 g/mol. The van der Waals surface area contributed by atoms with Gasteiger partial charge in [0.1, 0.15) is 0 Å². The third-order valence-corrected chi connectivity index (χ3v) is 3.47. The fourth-order valence-electron chi connectivity index (χ4n) is 1.60. The summed E-state index contributed by atoms with van der Waals surface area (Å²) < 4.78 is 0. The summed E-state index contributed by atoms with van der Waals surface area (Å²) >= 11 is 1.75. The molecule has 0 saturated heterocycles. The van der Waals surface area contributed by atoms with Crippen molar-refractivity contribution in [2.45, 2.75) is 19.6 Å². The molecule has 2 rings (SSSR count). The van der Waals surface area contributed by atoms with E-state index in [1.165, 1.54) is 4.88 Å². The van der Waals surface area contributed by atoms with Gasteiger partial charge >= 0.3 is 0 Å². The maximum Gasteiger partial charge on any atom is 0.0931 e. The van der Waals surface area contributed by atoms with Crippen LogP contribution in [0.2, 0.25) is 0 Å². The predicted molar refractivity (Wildman–Crippen MR) is 71.3 cm³/mol. The van der Waals surface area contributed by atoms with Gasteiger partial charge in [0.25, 0.3) is 0 Å². The summed E-state index contributed by atoms with van der Waals surface area (Å²) in [6, 6.07) is 8.04. The molecule has 0 amide bonds. The number of hydrogen-bond donors (Lipinski definition) is 1. The minimum atomic E-state index is -0.508. The minimum Gasteiger partial charge on any atom is -0.387 e. The van der Waals surface area contributed by atoms with E-state index < -0.39 is 6.10 Å². The maximum atomic E-state index is 9.39. The zero-order valence-electron chi connectivity index (χ0n) is 10.00. The third-order valence-electron chi connectivity index (χ3n) is 2.61. The van der Waals surface area contributed by atoms with Gasteiger partial charge < -0.3 is 10.0 Å². The summed E-state index contributed by atoms with van der Waals surface area (Å²) in [4.78, 5) is 7.71. The molecule has 4 heteroatoms. The largest absolute Gasteiger partial charge is 0.387 e. The van der Waals surface area contributed by atoms with Crippen molar-refractivity contribution in [2.75, 3.05) is 11.9 Å². The molecule has 0 aromatic carbocycles. The topological polar surface area (TPSA) is 36.4 Å². The van der Waals surface area contributed by atoms with E-state index in [9.17, 15) is 5.11 Å². The molecule has 0 fully saturated rings. The van der Waals surface area contributed by atoms with Crippen LogP contribution in [0, 0.1) is 0 Å². The summed E-state index contributed by atoms with van der Waals surface area (Å²) in [5, 5.41) is 11.5. The van der Waals surface area contributed by atoms with E-state index in [1.807, 2.05) is 19.2 Å². The van der Waals surface area contributed by atoms with Crippen LogP contribution < -0.4 is 4.90 Å². The van der Waals surface area contributed by atoms with Crippen molar-refractivity contribution >= 4 is 17.0 Å². The lowest BCUT2D eigenvalue weighted by Gasteiger charge is -2.18. The van der Waals surface area contributed by atoms with Gasteiger partial charge in [-0.3, -0.25) is 4.98 Å². The highest BCUT2D eigenvalue weighted by atomic mass is 32.1. The number of aliphatic hydroxyl groups is 1. The second kappa shape index (κ2) is 5.29. The lowest BCUT2D eigenvalue weighted by molar-refractivity contribution is 0.194. The quantitative estimate of drug-likeness (QED) is 0.904. The number of hydrogen-bond acceptors (Lipinski definition) is 4. The molecule has 3 nitrogen and oxygen atoms in total. The number of thiophene rings is 1. The SMILES string of the molecule is CC(O)c1ccc(N(C)Cc2cccs2)cn1. The van der Waals surface area contributed by atoms with Gasteiger partial charge in [-0.2, -0.15) is 0 Å². The first-order valence-electron chi connectivity index (χ1n) is 5.54. The Hall–Kier alpha value is -1.39. The van der Waals surface area contributed by atoms with Gasteiger partial charge in [0, 0.05) is 11.9 Å². The average molecular weight is 248 g/mol. The van der Waals surface area contributed by atoms with E-state index in [0.29, 0.717) is 5.69 Å². The average Bonchev–Trinajstić information content (AvgIpc) is 2.82. The molecule has 1 N–H and O–H groups in total. The molecule has 0 aliphatic rings. The molecule has 1 unspecified atom stereocenters. The van der Waals surface area contributed by atoms with Crippen LogP contribution in [0.15, 0.2) is 35.8 Å². The second-order valence-electron chi connectivity index (χ2n) is 4.05. The molecular formula is C13H16N2OS. The fourth-order valence-corrected chi connectivity index (χ4v) is 2.36. The normalized spacial score (nSPS) is 12.4. The molecular weight excluding hydrogens is 232 g/mol. The molecule has 2 heterocycles. The van der Waals surface area contributed by atoms with Gasteiger partial charge in [0.2, 0.25) is 0 Å². The number of anilines is 1. The zero-order chi connectivity index (χ0) is 12.3. The number of aliphatic hydroxyl groups excluding tert-OH is 1. The maximum absolute atomic E-state index is 9.39. The van der Waals surface area contributed by atoms with Crippen molar-refractivity contribution in [1.82, 2.24) is 4.98 Å². The van der Waals surface area contributed by atoms with Crippen LogP contribution in [0.25, 0.3) is 0 Å². The summed E-state index contributed by atoms with van der Waals surface area (Å²) in [5.41, 5.74) is 1.76. The van der Waals surface area contributed by atoms with Gasteiger partial charge in [-0.05, 0) is 30.5 Å². The van der Waals surface area contributed by atoms with Gasteiger partial charge in [-0.25, -0.2) is 0 Å². The lowest BCUT2D eigenvalue weighted by Crippen LogP contribution is -2.15. The van der Waals surface area contributed by atoms with E-state index in [2.05, 4.69) is 27.4 Å². The first-order valence-corrected chi connectivity index (χ1v) is 6.42. The molecule has 2 aromatic rings. The molecule has 1 atom stereocenters. The highest BCUT2D eigenvalue weighted by Gasteiger charge is 2.05. The van der Waals surface area contributed by atoms with Crippen LogP contribution in [0.5, 0.6) is 0 Å². The van der Waals surface area contributed by atoms with E-state index >= 15 is 0 Å². The highest BCUT2D eigenvalue weighted by Crippen LogP contribution is 2.18. The summed E-state index contributed by atoms with van der Waals surface area (Å²) in [5.74, 6) is 0. The Balaban J connectivity index is 2.06. The van der Waals surface area contributed by atoms with Crippen molar-refractivity contribution in [3.63, 3.8) is 0 Å². The number of aromatic nitrogens is 1. The van der Waals surface area contributed by atoms with Crippen molar-refractivity contribution in [1.29, 1.82) is 0 Å². The minimum absolute atomic E-state index is 0.508. The van der Waals surface area contributed by atoms with Crippen LogP contribution in [0.3, 0.4) is 0 Å². The van der Waals surface area contributed by atoms with Crippen molar-refractivity contribution in [2.24, 2.45) is 0 Å². The molecule has 0 bridgehead atoms. The van der Waals surface area contributed by atoms with Crippen LogP contribution in [0.4, 0.5) is 5.69 Å². The smallest absolute Gasteiger partial charge is 0.0931 e. The van der Waals surface area contributed by atoms with E-state index in [-0.39, 0.29) is 0 Å². The Morgan fingerprint density at radius 1 is 1.41 bits per heavy atom. The highest BCUT2D eigenvalue weighted by molar-refractivity contribution is 7.09. The van der Waals surface area contributed by atoms with Gasteiger partial charge in [-0.15, -0.1) is 11.3 Å². The molecule has 0 aliphatic carbocycles. The standard InChI is InChI=1S/C13H16N2OS/c1-10(16)13-6-5-11(8-14-13)15(2)9-12-4-3-7-17-12/h3-8,10,16H,9H2,1-2H3. The zero-order valence-corrected chi connectivity index (χ0v) is 10.8. The van der Waals surface area contributed by atoms with Crippen LogP contribution in [-0.2, 0) is 6.54 Å². The summed E-state index contributed by atoms with van der Waals surface area (Å²) in [6.45, 7) is 2.60. The second-order valence-corrected chi connectivity index (χ2v) is 5.08. The number of rotatable bonds is 4. The Morgan fingerprint density at radius 3 is 2.76 bits per heavy atom. The molecule has 90 valence electrons. The first-order chi connectivity index (χ1) is 8.16. The van der Waals surface area contributed by atoms with Crippen molar-refractivity contribution in [3.8, 4) is 0 Å². The number of nitrogens with zero attached hydrogens (tertiary/aromatic N) is 2. The van der Waals surface area contributed by atoms with Crippen LogP contribution in [-0.4, -0.2) is 17.1 Å². The summed E-state index contributed by atoms with van der Waals surface area (Å²) in [7, 11) is 2.04. The summed E-state index contributed by atoms with van der Waals surface area (Å²) in [6.07, 6.45) is 1.29. The van der Waals surface area contributed by atoms with Crippen LogP contribution in [0.1, 0.15) is 23.6 Å². The van der Waals surface area contributed by atoms with E-state index in [4.69, 9.17) is 0 Å². The van der Waals surface area contributed by atoms with Crippen molar-refractivity contribution in [3.05, 3.63) is 46.4 Å². The third kappa shape index (κ3) is 3.05. The molecule has 0 spiro atoms. The lowest BCUT2D eigenvalue weighted by atomic mass is 10.2. The van der Waals surface area contributed by atoms with Crippen LogP contribution >= 0.6 is 11.3 Å². The van der Waals surface area contributed by atoms with Gasteiger partial charge in [-0.1, -0.05) is 6.07 Å².